The van der Waals surface area contributed by atoms with Crippen molar-refractivity contribution in [3.05, 3.63) is 60.3 Å². The summed E-state index contributed by atoms with van der Waals surface area (Å²) < 4.78 is 5.78. The Morgan fingerprint density at radius 2 is 1.71 bits per heavy atom. The summed E-state index contributed by atoms with van der Waals surface area (Å²) in [6.45, 7) is 2.05. The van der Waals surface area contributed by atoms with Crippen molar-refractivity contribution >= 4 is 10.9 Å². The van der Waals surface area contributed by atoms with E-state index in [2.05, 4.69) is 18.0 Å². The van der Waals surface area contributed by atoms with Crippen LogP contribution in [-0.4, -0.2) is 4.98 Å². The lowest BCUT2D eigenvalue weighted by Gasteiger charge is -2.04. The van der Waals surface area contributed by atoms with E-state index >= 15 is 0 Å². The van der Waals surface area contributed by atoms with Crippen LogP contribution >= 0.6 is 0 Å². The molecule has 1 heterocycles. The number of aromatic amines is 1. The highest BCUT2D eigenvalue weighted by atomic mass is 16.5. The summed E-state index contributed by atoms with van der Waals surface area (Å²) in [4.78, 5) is 3.29. The fourth-order valence-electron chi connectivity index (χ4n) is 1.94. The van der Waals surface area contributed by atoms with Crippen LogP contribution in [0, 0.1) is 6.92 Å². The quantitative estimate of drug-likeness (QED) is 0.689. The summed E-state index contributed by atoms with van der Waals surface area (Å²) in [5.74, 6) is 1.72. The first-order chi connectivity index (χ1) is 8.31. The molecule has 0 fully saturated rings. The van der Waals surface area contributed by atoms with Gasteiger partial charge in [-0.05, 0) is 43.3 Å². The first-order valence-electron chi connectivity index (χ1n) is 5.63. The molecule has 0 bridgehead atoms. The van der Waals surface area contributed by atoms with Gasteiger partial charge in [-0.1, -0.05) is 18.2 Å². The molecule has 0 spiro atoms. The second-order valence-corrected chi connectivity index (χ2v) is 4.12. The van der Waals surface area contributed by atoms with Crippen molar-refractivity contribution in [2.45, 2.75) is 6.92 Å². The smallest absolute Gasteiger partial charge is 0.128 e. The second kappa shape index (κ2) is 3.98. The van der Waals surface area contributed by atoms with Crippen LogP contribution in [0.15, 0.2) is 54.6 Å². The van der Waals surface area contributed by atoms with Gasteiger partial charge in [0.15, 0.2) is 0 Å². The molecule has 0 aliphatic carbocycles. The van der Waals surface area contributed by atoms with Crippen molar-refractivity contribution in [2.24, 2.45) is 0 Å². The van der Waals surface area contributed by atoms with Crippen LogP contribution in [0.5, 0.6) is 11.5 Å². The average Bonchev–Trinajstić information content (AvgIpc) is 2.70. The molecule has 2 heteroatoms. The SMILES string of the molecule is Cc1cc2cc(Oc3ccccc3)ccc2[nH]1. The largest absolute Gasteiger partial charge is 0.457 e. The summed E-state index contributed by atoms with van der Waals surface area (Å²) in [7, 11) is 0. The number of hydrogen-bond acceptors (Lipinski definition) is 1. The fourth-order valence-corrected chi connectivity index (χ4v) is 1.94. The number of fused-ring (bicyclic) bond motifs is 1. The van der Waals surface area contributed by atoms with E-state index < -0.39 is 0 Å². The van der Waals surface area contributed by atoms with Crippen molar-refractivity contribution in [3.63, 3.8) is 0 Å². The summed E-state index contributed by atoms with van der Waals surface area (Å²) in [5, 5.41) is 1.18. The molecule has 0 aliphatic heterocycles. The average molecular weight is 223 g/mol. The summed E-state index contributed by atoms with van der Waals surface area (Å²) in [6, 6.07) is 18.0. The van der Waals surface area contributed by atoms with Crippen molar-refractivity contribution in [1.82, 2.24) is 4.98 Å². The van der Waals surface area contributed by atoms with E-state index in [1.807, 2.05) is 48.5 Å². The Labute approximate surface area is 99.9 Å². The third-order valence-electron chi connectivity index (χ3n) is 2.71. The molecular formula is C15H13NO. The minimum atomic E-state index is 0.860. The highest BCUT2D eigenvalue weighted by Crippen LogP contribution is 2.25. The zero-order chi connectivity index (χ0) is 11.7. The third kappa shape index (κ3) is 2.02. The van der Waals surface area contributed by atoms with E-state index in [0.29, 0.717) is 0 Å². The number of aryl methyl sites for hydroxylation is 1. The number of ether oxygens (including phenoxy) is 1. The maximum Gasteiger partial charge on any atom is 0.128 e. The van der Waals surface area contributed by atoms with E-state index in [9.17, 15) is 0 Å². The highest BCUT2D eigenvalue weighted by Gasteiger charge is 2.01. The molecule has 0 atom stereocenters. The lowest BCUT2D eigenvalue weighted by atomic mass is 10.2. The van der Waals surface area contributed by atoms with Crippen molar-refractivity contribution in [1.29, 1.82) is 0 Å². The normalized spacial score (nSPS) is 10.6. The topological polar surface area (TPSA) is 25.0 Å². The van der Waals surface area contributed by atoms with Gasteiger partial charge in [-0.2, -0.15) is 0 Å². The maximum atomic E-state index is 5.78. The van der Waals surface area contributed by atoms with Gasteiger partial charge >= 0.3 is 0 Å². The first kappa shape index (κ1) is 9.97. The highest BCUT2D eigenvalue weighted by molar-refractivity contribution is 5.81. The zero-order valence-corrected chi connectivity index (χ0v) is 9.60. The number of benzene rings is 2. The molecule has 1 N–H and O–H groups in total. The van der Waals surface area contributed by atoms with Crippen LogP contribution < -0.4 is 4.74 Å². The Balaban J connectivity index is 1.95. The first-order valence-corrected chi connectivity index (χ1v) is 5.63. The van der Waals surface area contributed by atoms with Crippen LogP contribution in [0.3, 0.4) is 0 Å². The van der Waals surface area contributed by atoms with Gasteiger partial charge in [0.1, 0.15) is 11.5 Å². The Morgan fingerprint density at radius 1 is 0.882 bits per heavy atom. The molecule has 17 heavy (non-hydrogen) atoms. The molecule has 84 valence electrons. The van der Waals surface area contributed by atoms with Crippen molar-refractivity contribution < 1.29 is 4.74 Å². The van der Waals surface area contributed by atoms with Gasteiger partial charge in [0.05, 0.1) is 0 Å². The maximum absolute atomic E-state index is 5.78. The molecular weight excluding hydrogens is 210 g/mol. The van der Waals surface area contributed by atoms with E-state index in [-0.39, 0.29) is 0 Å². The standard InChI is InChI=1S/C15H13NO/c1-11-9-12-10-14(7-8-15(12)16-11)17-13-5-3-2-4-6-13/h2-10,16H,1H3. The molecule has 0 saturated carbocycles. The van der Waals surface area contributed by atoms with E-state index in [1.54, 1.807) is 0 Å². The molecule has 3 rings (SSSR count). The molecule has 2 nitrogen and oxygen atoms in total. The second-order valence-electron chi connectivity index (χ2n) is 4.12. The number of para-hydroxylation sites is 1. The molecule has 0 radical (unpaired) electrons. The lowest BCUT2D eigenvalue weighted by Crippen LogP contribution is -1.82. The van der Waals surface area contributed by atoms with Crippen LogP contribution in [-0.2, 0) is 0 Å². The van der Waals surface area contributed by atoms with Crippen molar-refractivity contribution in [2.75, 3.05) is 0 Å². The van der Waals surface area contributed by atoms with Crippen LogP contribution in [0.2, 0.25) is 0 Å². The predicted octanol–water partition coefficient (Wildman–Crippen LogP) is 4.27. The van der Waals surface area contributed by atoms with Crippen LogP contribution in [0.25, 0.3) is 10.9 Å². The van der Waals surface area contributed by atoms with Gasteiger partial charge in [0.25, 0.3) is 0 Å². The molecule has 0 unspecified atom stereocenters. The summed E-state index contributed by atoms with van der Waals surface area (Å²) >= 11 is 0. The summed E-state index contributed by atoms with van der Waals surface area (Å²) in [6.07, 6.45) is 0. The zero-order valence-electron chi connectivity index (χ0n) is 9.60. The lowest BCUT2D eigenvalue weighted by molar-refractivity contribution is 0.483. The van der Waals surface area contributed by atoms with Crippen molar-refractivity contribution in [3.8, 4) is 11.5 Å². The monoisotopic (exact) mass is 223 g/mol. The van der Waals surface area contributed by atoms with Gasteiger partial charge < -0.3 is 9.72 Å². The van der Waals surface area contributed by atoms with Gasteiger partial charge in [-0.3, -0.25) is 0 Å². The minimum Gasteiger partial charge on any atom is -0.457 e. The van der Waals surface area contributed by atoms with Crippen LogP contribution in [0.1, 0.15) is 5.69 Å². The van der Waals surface area contributed by atoms with E-state index in [4.69, 9.17) is 4.74 Å². The van der Waals surface area contributed by atoms with Gasteiger partial charge in [-0.15, -0.1) is 0 Å². The van der Waals surface area contributed by atoms with E-state index in [0.717, 1.165) is 22.7 Å². The molecule has 2 aromatic carbocycles. The number of rotatable bonds is 2. The minimum absolute atomic E-state index is 0.860. The fraction of sp³-hybridized carbons (Fsp3) is 0.0667. The number of nitrogens with one attached hydrogen (secondary N) is 1. The van der Waals surface area contributed by atoms with Crippen LogP contribution in [0.4, 0.5) is 0 Å². The van der Waals surface area contributed by atoms with Gasteiger partial charge in [0.2, 0.25) is 0 Å². The molecule has 0 aliphatic rings. The molecule has 0 saturated heterocycles. The van der Waals surface area contributed by atoms with Gasteiger partial charge in [-0.25, -0.2) is 0 Å². The number of aromatic nitrogens is 1. The molecule has 1 aromatic heterocycles. The van der Waals surface area contributed by atoms with Gasteiger partial charge in [0, 0.05) is 16.6 Å². The predicted molar refractivity (Wildman–Crippen MR) is 69.6 cm³/mol. The Hall–Kier alpha value is -2.22. The Kier molecular flexibility index (Phi) is 2.33. The number of H-pyrrole nitrogens is 1. The Morgan fingerprint density at radius 3 is 2.53 bits per heavy atom. The summed E-state index contributed by atoms with van der Waals surface area (Å²) in [5.41, 5.74) is 2.31. The molecule has 3 aromatic rings. The Bertz CT molecular complexity index is 640. The third-order valence-corrected chi connectivity index (χ3v) is 2.71. The van der Waals surface area contributed by atoms with E-state index in [1.165, 1.54) is 5.39 Å². The molecule has 0 amide bonds. The number of hydrogen-bond donors (Lipinski definition) is 1.